The molecule has 4 rings (SSSR count). The number of anilines is 1. The Kier molecular flexibility index (Phi) is 7.06. The summed E-state index contributed by atoms with van der Waals surface area (Å²) in [6.07, 6.45) is 9.36. The zero-order valence-electron chi connectivity index (χ0n) is 21.6. The Morgan fingerprint density at radius 2 is 1.62 bits per heavy atom. The minimum atomic E-state index is -0.347. The molecule has 1 saturated carbocycles. The number of aromatic nitrogens is 1. The summed E-state index contributed by atoms with van der Waals surface area (Å²) < 4.78 is 2.27. The summed E-state index contributed by atoms with van der Waals surface area (Å²) in [4.78, 5) is 14.6. The summed E-state index contributed by atoms with van der Waals surface area (Å²) in [6.45, 7) is 9.42. The molecule has 2 amide bonds. The van der Waals surface area contributed by atoms with Crippen LogP contribution in [0.2, 0.25) is 0 Å². The van der Waals surface area contributed by atoms with Crippen LogP contribution in [0.25, 0.3) is 10.9 Å². The number of carbonyl (C=O) groups is 1. The third-order valence-electron chi connectivity index (χ3n) is 7.94. The lowest BCUT2D eigenvalue weighted by molar-refractivity contribution is 0.253. The van der Waals surface area contributed by atoms with E-state index in [0.29, 0.717) is 18.4 Å². The van der Waals surface area contributed by atoms with Gasteiger partial charge in [-0.25, -0.2) is 4.79 Å². The molecule has 0 radical (unpaired) electrons. The van der Waals surface area contributed by atoms with E-state index in [0.717, 1.165) is 18.5 Å². The molecule has 0 unspecified atom stereocenters. The molecule has 0 saturated heterocycles. The summed E-state index contributed by atoms with van der Waals surface area (Å²) in [5.74, 6) is 0.653. The molecule has 0 aliphatic heterocycles. The van der Waals surface area contributed by atoms with Crippen LogP contribution >= 0.6 is 0 Å². The van der Waals surface area contributed by atoms with Gasteiger partial charge in [-0.2, -0.15) is 0 Å². The monoisotopic (exact) mass is 459 g/mol. The van der Waals surface area contributed by atoms with Crippen molar-refractivity contribution in [2.45, 2.75) is 83.5 Å². The third kappa shape index (κ3) is 4.47. The predicted molar refractivity (Wildman–Crippen MR) is 144 cm³/mol. The summed E-state index contributed by atoms with van der Waals surface area (Å²) in [5.41, 5.74) is 12.4. The number of rotatable bonds is 8. The Bertz CT molecular complexity index is 1120. The van der Waals surface area contributed by atoms with E-state index >= 15 is 0 Å². The Hall–Kier alpha value is -2.75. The second-order valence-corrected chi connectivity index (χ2v) is 10.8. The highest BCUT2D eigenvalue weighted by Crippen LogP contribution is 2.47. The van der Waals surface area contributed by atoms with Crippen molar-refractivity contribution >= 4 is 22.6 Å². The van der Waals surface area contributed by atoms with Crippen molar-refractivity contribution < 1.29 is 4.79 Å². The molecular formula is C30H41N3O. The van der Waals surface area contributed by atoms with Gasteiger partial charge in [0.2, 0.25) is 0 Å². The van der Waals surface area contributed by atoms with E-state index in [1.165, 1.54) is 53.3 Å². The highest BCUT2D eigenvalue weighted by molar-refractivity contribution is 5.93. The van der Waals surface area contributed by atoms with Gasteiger partial charge in [0.1, 0.15) is 0 Å². The zero-order chi connectivity index (χ0) is 24.5. The van der Waals surface area contributed by atoms with Crippen LogP contribution in [0, 0.1) is 0 Å². The molecule has 1 heterocycles. The average Bonchev–Trinajstić information content (AvgIpc) is 3.42. The van der Waals surface area contributed by atoms with Gasteiger partial charge < -0.3 is 10.3 Å². The van der Waals surface area contributed by atoms with Crippen LogP contribution in [-0.2, 0) is 12.5 Å². The summed E-state index contributed by atoms with van der Waals surface area (Å²) in [5, 5.41) is 1.38. The van der Waals surface area contributed by atoms with Gasteiger partial charge in [-0.05, 0) is 65.7 Å². The third-order valence-corrected chi connectivity index (χ3v) is 7.94. The number of fused-ring (bicyclic) bond motifs is 1. The van der Waals surface area contributed by atoms with Gasteiger partial charge in [-0.1, -0.05) is 76.9 Å². The lowest BCUT2D eigenvalue weighted by Crippen LogP contribution is -2.38. The fourth-order valence-electron chi connectivity index (χ4n) is 6.20. The number of hydrogen-bond acceptors (Lipinski definition) is 1. The Morgan fingerprint density at radius 1 is 1.00 bits per heavy atom. The smallest absolute Gasteiger partial charge is 0.319 e. The number of primary amides is 1. The van der Waals surface area contributed by atoms with Crippen molar-refractivity contribution in [1.29, 1.82) is 0 Å². The fourth-order valence-corrected chi connectivity index (χ4v) is 6.20. The van der Waals surface area contributed by atoms with E-state index in [2.05, 4.69) is 88.0 Å². The molecule has 1 aliphatic carbocycles. The van der Waals surface area contributed by atoms with Gasteiger partial charge >= 0.3 is 6.03 Å². The molecule has 0 bridgehead atoms. The van der Waals surface area contributed by atoms with Gasteiger partial charge in [0, 0.05) is 30.7 Å². The maximum Gasteiger partial charge on any atom is 0.319 e. The number of amides is 2. The quantitative estimate of drug-likeness (QED) is 0.370. The second kappa shape index (κ2) is 9.85. The first kappa shape index (κ1) is 24.4. The number of urea groups is 1. The molecular weight excluding hydrogens is 418 g/mol. The first-order valence-electron chi connectivity index (χ1n) is 13.0. The van der Waals surface area contributed by atoms with E-state index < -0.39 is 0 Å². The van der Waals surface area contributed by atoms with Gasteiger partial charge in [-0.3, -0.25) is 4.90 Å². The van der Waals surface area contributed by atoms with Crippen LogP contribution < -0.4 is 10.6 Å². The van der Waals surface area contributed by atoms with Crippen molar-refractivity contribution in [2.24, 2.45) is 12.8 Å². The lowest BCUT2D eigenvalue weighted by atomic mass is 9.75. The lowest BCUT2D eigenvalue weighted by Gasteiger charge is -2.32. The first-order valence-corrected chi connectivity index (χ1v) is 13.0. The minimum Gasteiger partial charge on any atom is -0.351 e. The number of para-hydroxylation sites is 2. The van der Waals surface area contributed by atoms with E-state index in [4.69, 9.17) is 5.73 Å². The number of nitrogens with zero attached hydrogens (tertiary/aromatic N) is 2. The normalized spacial score (nSPS) is 15.5. The number of nitrogens with two attached hydrogens (primary N) is 1. The molecule has 0 spiro atoms. The SMILES string of the molecule is CC(C)c1cccc(C(C)C)c1N(CCCC1(c2cn(C)c3ccccc23)CCCC1)C(N)=O. The summed E-state index contributed by atoms with van der Waals surface area (Å²) in [7, 11) is 2.15. The van der Waals surface area contributed by atoms with Crippen molar-refractivity contribution in [1.82, 2.24) is 4.57 Å². The molecule has 3 aromatic rings. The van der Waals surface area contributed by atoms with Crippen LogP contribution in [0.4, 0.5) is 10.5 Å². The van der Waals surface area contributed by atoms with Gasteiger partial charge in [-0.15, -0.1) is 0 Å². The van der Waals surface area contributed by atoms with Crippen LogP contribution in [0.15, 0.2) is 48.7 Å². The molecule has 4 nitrogen and oxygen atoms in total. The van der Waals surface area contributed by atoms with Crippen LogP contribution in [-0.4, -0.2) is 17.1 Å². The first-order chi connectivity index (χ1) is 16.2. The standard InChI is InChI=1S/C30H41N3O/c1-21(2)23-13-10-14-24(22(3)4)28(23)33(29(31)34)19-11-18-30(16-8-9-17-30)26-20-32(5)27-15-7-6-12-25(26)27/h6-7,10,12-15,20-22H,8-9,11,16-19H2,1-5H3,(H2,31,34). The molecule has 1 aromatic heterocycles. The number of carbonyl (C=O) groups excluding carboxylic acids is 1. The number of aryl methyl sites for hydroxylation is 1. The molecule has 1 fully saturated rings. The van der Waals surface area contributed by atoms with Crippen LogP contribution in [0.1, 0.15) is 94.7 Å². The highest BCUT2D eigenvalue weighted by atomic mass is 16.2. The molecule has 4 heteroatoms. The maximum atomic E-state index is 12.7. The molecule has 0 atom stereocenters. The fraction of sp³-hybridized carbons (Fsp3) is 0.500. The summed E-state index contributed by atoms with van der Waals surface area (Å²) >= 11 is 0. The Labute approximate surface area is 205 Å². The average molecular weight is 460 g/mol. The van der Waals surface area contributed by atoms with Crippen molar-refractivity contribution in [3.8, 4) is 0 Å². The molecule has 1 aliphatic rings. The largest absolute Gasteiger partial charge is 0.351 e. The number of benzene rings is 2. The Morgan fingerprint density at radius 3 is 2.21 bits per heavy atom. The molecule has 2 aromatic carbocycles. The van der Waals surface area contributed by atoms with Gasteiger partial charge in [0.25, 0.3) is 0 Å². The van der Waals surface area contributed by atoms with E-state index in [1.54, 1.807) is 0 Å². The molecule has 2 N–H and O–H groups in total. The van der Waals surface area contributed by atoms with Crippen molar-refractivity contribution in [2.75, 3.05) is 11.4 Å². The minimum absolute atomic E-state index is 0.183. The molecule has 34 heavy (non-hydrogen) atoms. The Balaban J connectivity index is 1.64. The maximum absolute atomic E-state index is 12.7. The number of hydrogen-bond donors (Lipinski definition) is 1. The molecule has 182 valence electrons. The van der Waals surface area contributed by atoms with Crippen LogP contribution in [0.5, 0.6) is 0 Å². The second-order valence-electron chi connectivity index (χ2n) is 10.8. The van der Waals surface area contributed by atoms with E-state index in [-0.39, 0.29) is 11.4 Å². The van der Waals surface area contributed by atoms with E-state index in [9.17, 15) is 4.79 Å². The zero-order valence-corrected chi connectivity index (χ0v) is 21.6. The van der Waals surface area contributed by atoms with Crippen molar-refractivity contribution in [3.05, 3.63) is 65.4 Å². The highest BCUT2D eigenvalue weighted by Gasteiger charge is 2.37. The predicted octanol–water partition coefficient (Wildman–Crippen LogP) is 7.60. The van der Waals surface area contributed by atoms with Crippen molar-refractivity contribution in [3.63, 3.8) is 0 Å². The van der Waals surface area contributed by atoms with Crippen LogP contribution in [0.3, 0.4) is 0 Å². The summed E-state index contributed by atoms with van der Waals surface area (Å²) in [6, 6.07) is 14.8. The van der Waals surface area contributed by atoms with Gasteiger partial charge in [0.15, 0.2) is 0 Å². The topological polar surface area (TPSA) is 51.3 Å². The van der Waals surface area contributed by atoms with E-state index in [1.807, 2.05) is 4.90 Å². The van der Waals surface area contributed by atoms with Gasteiger partial charge in [0.05, 0.1) is 5.69 Å².